The van der Waals surface area contributed by atoms with Crippen molar-refractivity contribution in [1.82, 2.24) is 10.2 Å². The van der Waals surface area contributed by atoms with Crippen molar-refractivity contribution >= 4 is 29.3 Å². The summed E-state index contributed by atoms with van der Waals surface area (Å²) in [6, 6.07) is 4.13. The Morgan fingerprint density at radius 1 is 1.43 bits per heavy atom. The molecule has 0 bridgehead atoms. The summed E-state index contributed by atoms with van der Waals surface area (Å²) in [5.74, 6) is -1.10. The number of hydrogen-bond acceptors (Lipinski definition) is 3. The number of amides is 2. The number of hydrogen-bond donors (Lipinski definition) is 3. The number of rotatable bonds is 3. The van der Waals surface area contributed by atoms with E-state index in [0.29, 0.717) is 5.69 Å². The number of carboxylic acids is 1. The lowest BCUT2D eigenvalue weighted by atomic mass is 10.1. The van der Waals surface area contributed by atoms with Crippen molar-refractivity contribution in [3.8, 4) is 0 Å². The number of aromatic carboxylic acids is 1. The maximum atomic E-state index is 11.9. The van der Waals surface area contributed by atoms with Gasteiger partial charge in [-0.1, -0.05) is 11.6 Å². The number of likely N-dealkylation sites (tertiary alicyclic amines) is 1. The minimum Gasteiger partial charge on any atom is -0.478 e. The molecular formula is C14H18ClN3O3. The van der Waals surface area contributed by atoms with Gasteiger partial charge in [0, 0.05) is 18.3 Å². The van der Waals surface area contributed by atoms with Gasteiger partial charge in [0.25, 0.3) is 0 Å². The highest BCUT2D eigenvalue weighted by Crippen LogP contribution is 2.21. The molecule has 1 aliphatic rings. The van der Waals surface area contributed by atoms with Crippen molar-refractivity contribution in [3.05, 3.63) is 28.8 Å². The van der Waals surface area contributed by atoms with Crippen molar-refractivity contribution in [3.63, 3.8) is 0 Å². The minimum atomic E-state index is -1.10. The van der Waals surface area contributed by atoms with Crippen LogP contribution in [0.4, 0.5) is 10.5 Å². The average Bonchev–Trinajstić information content (AvgIpc) is 2.38. The van der Waals surface area contributed by atoms with Crippen LogP contribution in [0.15, 0.2) is 18.2 Å². The third-order valence-corrected chi connectivity index (χ3v) is 3.73. The second-order valence-corrected chi connectivity index (χ2v) is 5.61. The van der Waals surface area contributed by atoms with E-state index >= 15 is 0 Å². The van der Waals surface area contributed by atoms with E-state index in [9.17, 15) is 9.59 Å². The Bertz CT molecular complexity index is 550. The number of nitrogens with one attached hydrogen (secondary N) is 2. The maximum Gasteiger partial charge on any atom is 0.337 e. The summed E-state index contributed by atoms with van der Waals surface area (Å²) >= 11 is 5.86. The molecule has 1 unspecified atom stereocenters. The van der Waals surface area contributed by atoms with Crippen LogP contribution < -0.4 is 10.6 Å². The molecular weight excluding hydrogens is 294 g/mol. The molecule has 0 saturated carbocycles. The molecule has 0 radical (unpaired) electrons. The second-order valence-electron chi connectivity index (χ2n) is 5.20. The van der Waals surface area contributed by atoms with Crippen LogP contribution in [0.5, 0.6) is 0 Å². The number of carboxylic acid groups (broad SMARTS) is 1. The molecule has 1 aliphatic heterocycles. The van der Waals surface area contributed by atoms with Gasteiger partial charge in [-0.2, -0.15) is 0 Å². The molecule has 0 aromatic heterocycles. The largest absolute Gasteiger partial charge is 0.478 e. The van der Waals surface area contributed by atoms with Crippen LogP contribution in [-0.4, -0.2) is 48.2 Å². The highest BCUT2D eigenvalue weighted by Gasteiger charge is 2.19. The number of nitrogens with zero attached hydrogens (tertiary/aromatic N) is 1. The molecule has 2 rings (SSSR count). The Labute approximate surface area is 128 Å². The quantitative estimate of drug-likeness (QED) is 0.799. The van der Waals surface area contributed by atoms with E-state index in [-0.39, 0.29) is 22.7 Å². The van der Waals surface area contributed by atoms with Crippen LogP contribution in [0.25, 0.3) is 0 Å². The Kier molecular flexibility index (Phi) is 5.03. The van der Waals surface area contributed by atoms with E-state index in [0.717, 1.165) is 25.9 Å². The Hall–Kier alpha value is -1.79. The first-order valence-electron chi connectivity index (χ1n) is 6.74. The molecule has 1 saturated heterocycles. The summed E-state index contributed by atoms with van der Waals surface area (Å²) in [5, 5.41) is 14.6. The number of likely N-dealkylation sites (N-methyl/N-ethyl adjacent to an activating group) is 1. The number of carbonyl (C=O) groups is 2. The number of benzene rings is 1. The molecule has 1 heterocycles. The molecule has 1 fully saturated rings. The smallest absolute Gasteiger partial charge is 0.337 e. The molecule has 1 atom stereocenters. The lowest BCUT2D eigenvalue weighted by Gasteiger charge is -2.30. The molecule has 2 amide bonds. The summed E-state index contributed by atoms with van der Waals surface area (Å²) in [5.41, 5.74) is 0.475. The summed E-state index contributed by atoms with van der Waals surface area (Å²) in [7, 11) is 2.02. The van der Waals surface area contributed by atoms with Crippen molar-refractivity contribution in [2.45, 2.75) is 18.9 Å². The first kappa shape index (κ1) is 15.6. The van der Waals surface area contributed by atoms with E-state index < -0.39 is 5.97 Å². The summed E-state index contributed by atoms with van der Waals surface area (Å²) in [6.45, 7) is 1.87. The fraction of sp³-hybridized carbons (Fsp3) is 0.429. The van der Waals surface area contributed by atoms with Gasteiger partial charge in [-0.25, -0.2) is 9.59 Å². The SMILES string of the molecule is CN1CCCC(NC(=O)Nc2ccc(C(=O)O)c(Cl)c2)C1. The fourth-order valence-corrected chi connectivity index (χ4v) is 2.66. The first-order valence-corrected chi connectivity index (χ1v) is 7.12. The van der Waals surface area contributed by atoms with E-state index in [1.165, 1.54) is 18.2 Å². The highest BCUT2D eigenvalue weighted by atomic mass is 35.5. The Morgan fingerprint density at radius 2 is 2.19 bits per heavy atom. The number of carbonyl (C=O) groups excluding carboxylic acids is 1. The third-order valence-electron chi connectivity index (χ3n) is 3.42. The maximum absolute atomic E-state index is 11.9. The number of anilines is 1. The van der Waals surface area contributed by atoms with Crippen molar-refractivity contribution in [2.75, 3.05) is 25.5 Å². The van der Waals surface area contributed by atoms with Gasteiger partial charge in [0.1, 0.15) is 0 Å². The number of piperidine rings is 1. The van der Waals surface area contributed by atoms with Crippen LogP contribution >= 0.6 is 11.6 Å². The summed E-state index contributed by atoms with van der Waals surface area (Å²) in [4.78, 5) is 25.0. The van der Waals surface area contributed by atoms with E-state index in [4.69, 9.17) is 16.7 Å². The fourth-order valence-electron chi connectivity index (χ4n) is 2.40. The van der Waals surface area contributed by atoms with Gasteiger partial charge < -0.3 is 20.6 Å². The summed E-state index contributed by atoms with van der Waals surface area (Å²) in [6.07, 6.45) is 2.01. The molecule has 1 aromatic carbocycles. The van der Waals surface area contributed by atoms with Gasteiger partial charge >= 0.3 is 12.0 Å². The van der Waals surface area contributed by atoms with Crippen molar-refractivity contribution in [2.24, 2.45) is 0 Å². The molecule has 21 heavy (non-hydrogen) atoms. The van der Waals surface area contributed by atoms with Crippen LogP contribution in [-0.2, 0) is 0 Å². The predicted octanol–water partition coefficient (Wildman–Crippen LogP) is 2.25. The van der Waals surface area contributed by atoms with Gasteiger partial charge in [0.05, 0.1) is 10.6 Å². The number of urea groups is 1. The zero-order valence-corrected chi connectivity index (χ0v) is 12.5. The Morgan fingerprint density at radius 3 is 2.81 bits per heavy atom. The van der Waals surface area contributed by atoms with Crippen LogP contribution in [0.1, 0.15) is 23.2 Å². The molecule has 3 N–H and O–H groups in total. The normalized spacial score (nSPS) is 19.0. The van der Waals surface area contributed by atoms with Gasteiger partial charge in [-0.3, -0.25) is 0 Å². The molecule has 114 valence electrons. The van der Waals surface area contributed by atoms with Crippen molar-refractivity contribution < 1.29 is 14.7 Å². The van der Waals surface area contributed by atoms with Gasteiger partial charge in [-0.05, 0) is 44.6 Å². The average molecular weight is 312 g/mol. The first-order chi connectivity index (χ1) is 9.95. The van der Waals surface area contributed by atoms with Crippen LogP contribution in [0, 0.1) is 0 Å². The second kappa shape index (κ2) is 6.78. The molecule has 7 heteroatoms. The zero-order valence-electron chi connectivity index (χ0n) is 11.7. The molecule has 6 nitrogen and oxygen atoms in total. The molecule has 0 aliphatic carbocycles. The summed E-state index contributed by atoms with van der Waals surface area (Å²) < 4.78 is 0. The minimum absolute atomic E-state index is 0.0107. The van der Waals surface area contributed by atoms with E-state index in [1.807, 2.05) is 7.05 Å². The molecule has 1 aromatic rings. The van der Waals surface area contributed by atoms with Gasteiger partial charge in [-0.15, -0.1) is 0 Å². The standard InChI is InChI=1S/C14H18ClN3O3/c1-18-6-2-3-10(8-18)17-14(21)16-9-4-5-11(13(19)20)12(15)7-9/h4-5,7,10H,2-3,6,8H2,1H3,(H,19,20)(H2,16,17,21). The number of halogens is 1. The van der Waals surface area contributed by atoms with E-state index in [2.05, 4.69) is 15.5 Å². The van der Waals surface area contributed by atoms with Crippen LogP contribution in [0.3, 0.4) is 0 Å². The molecule has 0 spiro atoms. The lowest BCUT2D eigenvalue weighted by Crippen LogP contribution is -2.47. The van der Waals surface area contributed by atoms with Gasteiger partial charge in [0.2, 0.25) is 0 Å². The van der Waals surface area contributed by atoms with Crippen LogP contribution in [0.2, 0.25) is 5.02 Å². The van der Waals surface area contributed by atoms with E-state index in [1.54, 1.807) is 0 Å². The predicted molar refractivity (Wildman–Crippen MR) is 81.1 cm³/mol. The monoisotopic (exact) mass is 311 g/mol. The zero-order chi connectivity index (χ0) is 15.4. The third kappa shape index (κ3) is 4.34. The highest BCUT2D eigenvalue weighted by molar-refractivity contribution is 6.33. The van der Waals surface area contributed by atoms with Gasteiger partial charge in [0.15, 0.2) is 0 Å². The lowest BCUT2D eigenvalue weighted by molar-refractivity contribution is 0.0697. The van der Waals surface area contributed by atoms with Crippen molar-refractivity contribution in [1.29, 1.82) is 0 Å². The Balaban J connectivity index is 1.93. The topological polar surface area (TPSA) is 81.7 Å².